The van der Waals surface area contributed by atoms with Crippen molar-refractivity contribution >= 4 is 0 Å². The molecule has 2 aliphatic heterocycles. The van der Waals surface area contributed by atoms with Crippen molar-refractivity contribution in [2.24, 2.45) is 0 Å². The number of rotatable bonds is 1. The van der Waals surface area contributed by atoms with Crippen molar-refractivity contribution in [3.05, 3.63) is 29.3 Å². The molecule has 3 nitrogen and oxygen atoms in total. The van der Waals surface area contributed by atoms with Gasteiger partial charge in [0.15, 0.2) is 0 Å². The van der Waals surface area contributed by atoms with Crippen molar-refractivity contribution in [3.8, 4) is 5.75 Å². The molecule has 1 aromatic rings. The van der Waals surface area contributed by atoms with E-state index in [-0.39, 0.29) is 5.60 Å². The fourth-order valence-electron chi connectivity index (χ4n) is 3.64. The van der Waals surface area contributed by atoms with E-state index in [1.807, 2.05) is 0 Å². The molecule has 0 bridgehead atoms. The van der Waals surface area contributed by atoms with Gasteiger partial charge in [-0.2, -0.15) is 0 Å². The van der Waals surface area contributed by atoms with Crippen LogP contribution in [0.5, 0.6) is 5.75 Å². The maximum absolute atomic E-state index is 6.43. The average molecular weight is 260 g/mol. The lowest BCUT2D eigenvalue weighted by Crippen LogP contribution is -2.45. The molecule has 0 saturated carbocycles. The number of likely N-dealkylation sites (N-methyl/N-ethyl adjacent to an activating group) is 1. The van der Waals surface area contributed by atoms with Gasteiger partial charge in [0.2, 0.25) is 0 Å². The van der Waals surface area contributed by atoms with E-state index in [4.69, 9.17) is 4.74 Å². The molecule has 1 saturated heterocycles. The zero-order chi connectivity index (χ0) is 13.6. The molecule has 0 radical (unpaired) electrons. The van der Waals surface area contributed by atoms with Crippen LogP contribution in [0.4, 0.5) is 0 Å². The Morgan fingerprint density at radius 1 is 1.37 bits per heavy atom. The molecule has 3 unspecified atom stereocenters. The predicted molar refractivity (Wildman–Crippen MR) is 77.7 cm³/mol. The van der Waals surface area contributed by atoms with Crippen molar-refractivity contribution in [2.75, 3.05) is 20.6 Å². The van der Waals surface area contributed by atoms with Crippen LogP contribution < -0.4 is 10.1 Å². The lowest BCUT2D eigenvalue weighted by molar-refractivity contribution is 0.0416. The number of nitrogens with zero attached hydrogens (tertiary/aromatic N) is 1. The Hall–Kier alpha value is -1.06. The van der Waals surface area contributed by atoms with Crippen molar-refractivity contribution in [3.63, 3.8) is 0 Å². The molecular formula is C16H24N2O. The Balaban J connectivity index is 1.96. The van der Waals surface area contributed by atoms with Crippen LogP contribution in [0, 0.1) is 6.92 Å². The average Bonchev–Trinajstić information content (AvgIpc) is 2.64. The van der Waals surface area contributed by atoms with Gasteiger partial charge in [-0.25, -0.2) is 0 Å². The summed E-state index contributed by atoms with van der Waals surface area (Å²) in [5.74, 6) is 1.07. The van der Waals surface area contributed by atoms with Gasteiger partial charge in [0.25, 0.3) is 0 Å². The molecule has 1 spiro atoms. The molecule has 1 aromatic carbocycles. The van der Waals surface area contributed by atoms with Crippen LogP contribution in [0.2, 0.25) is 0 Å². The lowest BCUT2D eigenvalue weighted by Gasteiger charge is -2.40. The van der Waals surface area contributed by atoms with Gasteiger partial charge in [-0.1, -0.05) is 17.7 Å². The van der Waals surface area contributed by atoms with Crippen molar-refractivity contribution in [1.29, 1.82) is 0 Å². The maximum atomic E-state index is 6.43. The number of benzene rings is 1. The fourth-order valence-corrected chi connectivity index (χ4v) is 3.64. The van der Waals surface area contributed by atoms with Crippen molar-refractivity contribution < 1.29 is 4.74 Å². The van der Waals surface area contributed by atoms with Crippen LogP contribution >= 0.6 is 0 Å². The summed E-state index contributed by atoms with van der Waals surface area (Å²) in [6.07, 6.45) is 2.18. The predicted octanol–water partition coefficient (Wildman–Crippen LogP) is 2.50. The van der Waals surface area contributed by atoms with Gasteiger partial charge in [-0.3, -0.25) is 4.90 Å². The summed E-state index contributed by atoms with van der Waals surface area (Å²) in [6, 6.07) is 7.55. The Bertz CT molecular complexity index is 476. The lowest BCUT2D eigenvalue weighted by atomic mass is 9.85. The number of ether oxygens (including phenoxy) is 1. The molecule has 1 fully saturated rings. The molecular weight excluding hydrogens is 236 g/mol. The summed E-state index contributed by atoms with van der Waals surface area (Å²) in [4.78, 5) is 2.41. The standard InChI is InChI=1S/C16H24N2O/c1-11-5-6-15-13(7-11)14(17-3)9-16(19-15)8-12(2)18(4)10-16/h5-7,12,14,17H,8-10H2,1-4H3. The summed E-state index contributed by atoms with van der Waals surface area (Å²) in [6.45, 7) is 5.46. The van der Waals surface area contributed by atoms with Gasteiger partial charge >= 0.3 is 0 Å². The van der Waals surface area contributed by atoms with E-state index in [9.17, 15) is 0 Å². The topological polar surface area (TPSA) is 24.5 Å². The first-order chi connectivity index (χ1) is 9.03. The van der Waals surface area contributed by atoms with Gasteiger partial charge in [0, 0.05) is 37.0 Å². The Morgan fingerprint density at radius 3 is 2.79 bits per heavy atom. The molecule has 3 atom stereocenters. The van der Waals surface area contributed by atoms with Crippen LogP contribution in [-0.4, -0.2) is 37.2 Å². The van der Waals surface area contributed by atoms with Crippen molar-refractivity contribution in [2.45, 2.75) is 44.4 Å². The fraction of sp³-hybridized carbons (Fsp3) is 0.625. The molecule has 0 aliphatic carbocycles. The second-order valence-corrected chi connectivity index (χ2v) is 6.34. The minimum atomic E-state index is -0.00982. The molecule has 0 amide bonds. The van der Waals surface area contributed by atoms with Crippen LogP contribution in [0.3, 0.4) is 0 Å². The summed E-state index contributed by atoms with van der Waals surface area (Å²) in [7, 11) is 4.25. The smallest absolute Gasteiger partial charge is 0.125 e. The van der Waals surface area contributed by atoms with Gasteiger partial charge < -0.3 is 10.1 Å². The number of nitrogens with one attached hydrogen (secondary N) is 1. The zero-order valence-corrected chi connectivity index (χ0v) is 12.4. The van der Waals surface area contributed by atoms with E-state index in [1.54, 1.807) is 0 Å². The molecule has 0 aromatic heterocycles. The highest BCUT2D eigenvalue weighted by Gasteiger charge is 2.47. The summed E-state index contributed by atoms with van der Waals surface area (Å²) < 4.78 is 6.43. The van der Waals surface area contributed by atoms with Crippen molar-refractivity contribution in [1.82, 2.24) is 10.2 Å². The number of hydrogen-bond donors (Lipinski definition) is 1. The molecule has 3 rings (SSSR count). The molecule has 3 heteroatoms. The zero-order valence-electron chi connectivity index (χ0n) is 12.4. The Morgan fingerprint density at radius 2 is 2.16 bits per heavy atom. The van der Waals surface area contributed by atoms with Gasteiger partial charge in [-0.05, 0) is 34.0 Å². The highest BCUT2D eigenvalue weighted by molar-refractivity contribution is 5.42. The number of likely N-dealkylation sites (tertiary alicyclic amines) is 1. The second kappa shape index (κ2) is 4.50. The minimum absolute atomic E-state index is 0.00982. The molecule has 19 heavy (non-hydrogen) atoms. The first-order valence-electron chi connectivity index (χ1n) is 7.20. The van der Waals surface area contributed by atoms with Crippen LogP contribution in [0.25, 0.3) is 0 Å². The molecule has 1 N–H and O–H groups in total. The van der Waals surface area contributed by atoms with E-state index in [0.717, 1.165) is 25.1 Å². The first-order valence-corrected chi connectivity index (χ1v) is 7.20. The van der Waals surface area contributed by atoms with Crippen LogP contribution in [0.15, 0.2) is 18.2 Å². The second-order valence-electron chi connectivity index (χ2n) is 6.34. The Labute approximate surface area is 115 Å². The molecule has 2 aliphatic rings. The number of hydrogen-bond acceptors (Lipinski definition) is 3. The minimum Gasteiger partial charge on any atom is -0.485 e. The first kappa shape index (κ1) is 12.9. The SMILES string of the molecule is CNC1CC2(CC(C)N(C)C2)Oc2ccc(C)cc21. The maximum Gasteiger partial charge on any atom is 0.125 e. The van der Waals surface area contributed by atoms with E-state index >= 15 is 0 Å². The molecule has 104 valence electrons. The molecule has 2 heterocycles. The third kappa shape index (κ3) is 2.15. The summed E-state index contributed by atoms with van der Waals surface area (Å²) in [5, 5.41) is 3.47. The normalized spacial score (nSPS) is 34.3. The van der Waals surface area contributed by atoms with Gasteiger partial charge in [-0.15, -0.1) is 0 Å². The van der Waals surface area contributed by atoms with E-state index < -0.39 is 0 Å². The quantitative estimate of drug-likeness (QED) is 0.839. The summed E-state index contributed by atoms with van der Waals surface area (Å²) >= 11 is 0. The van der Waals surface area contributed by atoms with Crippen LogP contribution in [0.1, 0.15) is 36.9 Å². The van der Waals surface area contributed by atoms with E-state index in [2.05, 4.69) is 56.4 Å². The summed E-state index contributed by atoms with van der Waals surface area (Å²) in [5.41, 5.74) is 2.61. The van der Waals surface area contributed by atoms with Crippen LogP contribution in [-0.2, 0) is 0 Å². The van der Waals surface area contributed by atoms with Gasteiger partial charge in [0.05, 0.1) is 0 Å². The van der Waals surface area contributed by atoms with E-state index in [0.29, 0.717) is 12.1 Å². The van der Waals surface area contributed by atoms with Gasteiger partial charge in [0.1, 0.15) is 11.4 Å². The largest absolute Gasteiger partial charge is 0.485 e. The number of aryl methyl sites for hydroxylation is 1. The number of fused-ring (bicyclic) bond motifs is 1. The third-order valence-corrected chi connectivity index (χ3v) is 4.75. The third-order valence-electron chi connectivity index (χ3n) is 4.75. The highest BCUT2D eigenvalue weighted by Crippen LogP contribution is 2.45. The Kier molecular flexibility index (Phi) is 3.06. The van der Waals surface area contributed by atoms with E-state index in [1.165, 1.54) is 11.1 Å². The monoisotopic (exact) mass is 260 g/mol. The highest BCUT2D eigenvalue weighted by atomic mass is 16.5.